The van der Waals surface area contributed by atoms with E-state index in [4.69, 9.17) is 27.6 Å². The largest absolute Gasteiger partial charge is 0.450 e. The minimum Gasteiger partial charge on any atom is -0.450 e. The first-order valence-corrected chi connectivity index (χ1v) is 8.95. The second-order valence-electron chi connectivity index (χ2n) is 4.79. The van der Waals surface area contributed by atoms with Crippen molar-refractivity contribution < 1.29 is 9.21 Å². The summed E-state index contributed by atoms with van der Waals surface area (Å²) in [6, 6.07) is 10.4. The van der Waals surface area contributed by atoms with Gasteiger partial charge in [0.25, 0.3) is 0 Å². The molecule has 0 saturated carbocycles. The molecule has 0 saturated heterocycles. The Hall–Kier alpha value is -1.34. The molecule has 0 bridgehead atoms. The molecule has 8 heteroatoms. The Morgan fingerprint density at radius 3 is 2.67 bits per heavy atom. The van der Waals surface area contributed by atoms with Crippen molar-refractivity contribution in [1.82, 2.24) is 5.43 Å². The molecule has 0 aliphatic carbocycles. The van der Waals surface area contributed by atoms with Crippen LogP contribution in [0.3, 0.4) is 0 Å². The van der Waals surface area contributed by atoms with E-state index in [9.17, 15) is 4.79 Å². The molecule has 24 heavy (non-hydrogen) atoms. The lowest BCUT2D eigenvalue weighted by Gasteiger charge is -1.98. The van der Waals surface area contributed by atoms with E-state index in [0.29, 0.717) is 21.2 Å². The van der Waals surface area contributed by atoms with Gasteiger partial charge in [-0.15, -0.1) is 0 Å². The molecule has 4 nitrogen and oxygen atoms in total. The summed E-state index contributed by atoms with van der Waals surface area (Å²) >= 11 is 18.6. The maximum atomic E-state index is 12.1. The summed E-state index contributed by atoms with van der Waals surface area (Å²) in [5, 5.41) is 5.56. The summed E-state index contributed by atoms with van der Waals surface area (Å²) < 4.78 is 7.20. The summed E-state index contributed by atoms with van der Waals surface area (Å²) in [6.07, 6.45) is 1.47. The first kappa shape index (κ1) is 17.5. The average Bonchev–Trinajstić information content (AvgIpc) is 2.95. The van der Waals surface area contributed by atoms with Gasteiger partial charge in [0.05, 0.1) is 20.7 Å². The second kappa shape index (κ2) is 7.27. The number of nitrogens with zero attached hydrogens (tertiary/aromatic N) is 1. The molecule has 0 unspecified atom stereocenters. The maximum absolute atomic E-state index is 12.1. The Bertz CT molecular complexity index is 970. The van der Waals surface area contributed by atoms with Gasteiger partial charge < -0.3 is 4.42 Å². The van der Waals surface area contributed by atoms with Gasteiger partial charge in [-0.2, -0.15) is 5.10 Å². The summed E-state index contributed by atoms with van der Waals surface area (Å²) in [6.45, 7) is 0. The summed E-state index contributed by atoms with van der Waals surface area (Å²) in [4.78, 5) is 12.1. The topological polar surface area (TPSA) is 54.6 Å². The number of nitrogens with one attached hydrogen (secondary N) is 1. The van der Waals surface area contributed by atoms with Crippen molar-refractivity contribution in [2.24, 2.45) is 5.10 Å². The van der Waals surface area contributed by atoms with Crippen LogP contribution in [-0.4, -0.2) is 12.1 Å². The van der Waals surface area contributed by atoms with Gasteiger partial charge in [0, 0.05) is 9.86 Å². The normalized spacial score (nSPS) is 11.3. The lowest BCUT2D eigenvalue weighted by Crippen LogP contribution is -2.16. The molecule has 1 aromatic heterocycles. The van der Waals surface area contributed by atoms with Crippen LogP contribution in [0, 0.1) is 0 Å². The van der Waals surface area contributed by atoms with E-state index in [1.54, 1.807) is 24.3 Å². The average molecular weight is 491 g/mol. The van der Waals surface area contributed by atoms with Crippen LogP contribution in [0.25, 0.3) is 11.0 Å². The third-order valence-corrected chi connectivity index (χ3v) is 4.87. The highest BCUT2D eigenvalue weighted by Crippen LogP contribution is 2.31. The van der Waals surface area contributed by atoms with Crippen molar-refractivity contribution >= 4 is 78.2 Å². The van der Waals surface area contributed by atoms with Gasteiger partial charge in [-0.1, -0.05) is 45.2 Å². The minimum absolute atomic E-state index is 0.162. The molecule has 122 valence electrons. The number of furan rings is 1. The fourth-order valence-electron chi connectivity index (χ4n) is 2.00. The van der Waals surface area contributed by atoms with E-state index >= 15 is 0 Å². The van der Waals surface area contributed by atoms with E-state index in [1.165, 1.54) is 6.21 Å². The molecule has 1 amide bonds. The quantitative estimate of drug-likeness (QED) is 0.360. The Labute approximate surface area is 164 Å². The van der Waals surface area contributed by atoms with Crippen LogP contribution in [0.1, 0.15) is 16.1 Å². The van der Waals surface area contributed by atoms with Crippen LogP contribution in [0.4, 0.5) is 0 Å². The van der Waals surface area contributed by atoms with E-state index in [0.717, 1.165) is 14.3 Å². The standard InChI is InChI=1S/C16H8Br2Cl2N2O2/c17-10-4-9-5-14(24-15(9)11(18)6-10)16(23)22-21-7-8-1-2-12(19)13(20)3-8/h1-7H,(H,22,23)/b21-7-. The van der Waals surface area contributed by atoms with Crippen LogP contribution < -0.4 is 5.43 Å². The molecule has 0 aliphatic rings. The monoisotopic (exact) mass is 488 g/mol. The summed E-state index contributed by atoms with van der Waals surface area (Å²) in [5.74, 6) is -0.291. The summed E-state index contributed by atoms with van der Waals surface area (Å²) in [7, 11) is 0. The van der Waals surface area contributed by atoms with E-state index in [2.05, 4.69) is 42.4 Å². The molecule has 0 atom stereocenters. The summed E-state index contributed by atoms with van der Waals surface area (Å²) in [5.41, 5.74) is 3.71. The number of rotatable bonds is 3. The fraction of sp³-hybridized carbons (Fsp3) is 0. The minimum atomic E-state index is -0.453. The number of amides is 1. The van der Waals surface area contributed by atoms with E-state index in [-0.39, 0.29) is 5.76 Å². The SMILES string of the molecule is O=C(N/N=C\c1ccc(Cl)c(Cl)c1)c1cc2cc(Br)cc(Br)c2o1. The molecular formula is C16H8Br2Cl2N2O2. The van der Waals surface area contributed by atoms with Gasteiger partial charge in [0.1, 0.15) is 5.58 Å². The molecule has 0 radical (unpaired) electrons. The third-order valence-electron chi connectivity index (χ3n) is 3.08. The zero-order valence-electron chi connectivity index (χ0n) is 11.8. The Balaban J connectivity index is 1.76. The highest BCUT2D eigenvalue weighted by Gasteiger charge is 2.14. The first-order chi connectivity index (χ1) is 11.4. The molecule has 1 N–H and O–H groups in total. The number of carbonyl (C=O) groups is 1. The first-order valence-electron chi connectivity index (χ1n) is 6.61. The zero-order chi connectivity index (χ0) is 17.3. The van der Waals surface area contributed by atoms with Gasteiger partial charge in [0.2, 0.25) is 0 Å². The number of hydrogen-bond acceptors (Lipinski definition) is 3. The third kappa shape index (κ3) is 3.83. The van der Waals surface area contributed by atoms with Crippen LogP contribution in [0.2, 0.25) is 10.0 Å². The Kier molecular flexibility index (Phi) is 5.30. The van der Waals surface area contributed by atoms with Crippen molar-refractivity contribution in [3.05, 3.63) is 66.7 Å². The van der Waals surface area contributed by atoms with Crippen molar-refractivity contribution in [2.75, 3.05) is 0 Å². The number of fused-ring (bicyclic) bond motifs is 1. The van der Waals surface area contributed by atoms with Crippen molar-refractivity contribution in [3.8, 4) is 0 Å². The highest BCUT2D eigenvalue weighted by atomic mass is 79.9. The Morgan fingerprint density at radius 2 is 1.92 bits per heavy atom. The van der Waals surface area contributed by atoms with Crippen molar-refractivity contribution in [3.63, 3.8) is 0 Å². The second-order valence-corrected chi connectivity index (χ2v) is 7.37. The van der Waals surface area contributed by atoms with Gasteiger partial charge in [0.15, 0.2) is 5.76 Å². The molecular weight excluding hydrogens is 483 g/mol. The Morgan fingerprint density at radius 1 is 1.12 bits per heavy atom. The number of carbonyl (C=O) groups excluding carboxylic acids is 1. The lowest BCUT2D eigenvalue weighted by molar-refractivity contribution is 0.0929. The van der Waals surface area contributed by atoms with E-state index < -0.39 is 5.91 Å². The van der Waals surface area contributed by atoms with Crippen LogP contribution in [0.15, 0.2) is 54.9 Å². The molecule has 3 rings (SSSR count). The number of hydrogen-bond donors (Lipinski definition) is 1. The molecule has 0 fully saturated rings. The predicted molar refractivity (Wildman–Crippen MR) is 103 cm³/mol. The molecule has 0 spiro atoms. The molecule has 1 heterocycles. The van der Waals surface area contributed by atoms with Gasteiger partial charge >= 0.3 is 5.91 Å². The fourth-order valence-corrected chi connectivity index (χ4v) is 3.65. The van der Waals surface area contributed by atoms with E-state index in [1.807, 2.05) is 12.1 Å². The number of halogens is 4. The van der Waals surface area contributed by atoms with Crippen molar-refractivity contribution in [2.45, 2.75) is 0 Å². The van der Waals surface area contributed by atoms with Gasteiger partial charge in [-0.3, -0.25) is 4.79 Å². The zero-order valence-corrected chi connectivity index (χ0v) is 16.5. The van der Waals surface area contributed by atoms with Crippen molar-refractivity contribution in [1.29, 1.82) is 0 Å². The van der Waals surface area contributed by atoms with Gasteiger partial charge in [-0.05, 0) is 51.8 Å². The van der Waals surface area contributed by atoms with Crippen LogP contribution in [0.5, 0.6) is 0 Å². The highest BCUT2D eigenvalue weighted by molar-refractivity contribution is 9.11. The van der Waals surface area contributed by atoms with Crippen LogP contribution >= 0.6 is 55.1 Å². The molecule has 3 aromatic rings. The predicted octanol–water partition coefficient (Wildman–Crippen LogP) is 6.03. The smallest absolute Gasteiger partial charge is 0.307 e. The molecule has 2 aromatic carbocycles. The number of benzene rings is 2. The lowest BCUT2D eigenvalue weighted by atomic mass is 10.2. The number of hydrazone groups is 1. The van der Waals surface area contributed by atoms with Crippen LogP contribution in [-0.2, 0) is 0 Å². The molecule has 0 aliphatic heterocycles. The van der Waals surface area contributed by atoms with Gasteiger partial charge in [-0.25, -0.2) is 5.43 Å². The maximum Gasteiger partial charge on any atom is 0.307 e.